The molecule has 7 nitrogen and oxygen atoms in total. The van der Waals surface area contributed by atoms with E-state index in [-0.39, 0.29) is 33.2 Å². The van der Waals surface area contributed by atoms with Crippen LogP contribution in [0.15, 0.2) is 70.6 Å². The fraction of sp³-hybridized carbons (Fsp3) is 0.129. The summed E-state index contributed by atoms with van der Waals surface area (Å²) in [6.45, 7) is 0. The zero-order valence-corrected chi connectivity index (χ0v) is 26.0. The monoisotopic (exact) mass is 774 g/mol. The number of amides is 1. The van der Waals surface area contributed by atoms with Gasteiger partial charge >= 0.3 is 12.4 Å². The van der Waals surface area contributed by atoms with Gasteiger partial charge < -0.3 is 5.32 Å². The molecule has 0 radical (unpaired) electrons. The van der Waals surface area contributed by atoms with E-state index >= 15 is 0 Å². The van der Waals surface area contributed by atoms with Crippen molar-refractivity contribution < 1.29 is 53.9 Å². The van der Waals surface area contributed by atoms with Crippen LogP contribution in [0.4, 0.5) is 45.2 Å². The van der Waals surface area contributed by atoms with Gasteiger partial charge in [0.1, 0.15) is 28.1 Å². The van der Waals surface area contributed by atoms with Crippen LogP contribution in [0.3, 0.4) is 0 Å². The third-order valence-corrected chi connectivity index (χ3v) is 8.06. The second-order valence-corrected chi connectivity index (χ2v) is 11.6. The molecule has 49 heavy (non-hydrogen) atoms. The molecule has 1 N–H and O–H groups in total. The molecule has 252 valence electrons. The predicted molar refractivity (Wildman–Crippen MR) is 158 cm³/mol. The third-order valence-electron chi connectivity index (χ3n) is 7.18. The van der Waals surface area contributed by atoms with Crippen molar-refractivity contribution in [3.63, 3.8) is 0 Å². The summed E-state index contributed by atoms with van der Waals surface area (Å²) in [5.41, 5.74) is -6.31. The van der Waals surface area contributed by atoms with Gasteiger partial charge in [0, 0.05) is 16.7 Å². The number of alkyl halides is 6. The molecule has 4 aromatic rings. The zero-order chi connectivity index (χ0) is 36.2. The van der Waals surface area contributed by atoms with Gasteiger partial charge in [-0.2, -0.15) is 41.4 Å². The Bertz CT molecular complexity index is 2200. The van der Waals surface area contributed by atoms with Gasteiger partial charge in [0.2, 0.25) is 0 Å². The van der Waals surface area contributed by atoms with Crippen molar-refractivity contribution in [1.29, 1.82) is 5.26 Å². The number of hydrogen-bond acceptors (Lipinski definition) is 5. The molecule has 18 heteroatoms. The average Bonchev–Trinajstić information content (AvgIpc) is 3.34. The topological polar surface area (TPSA) is 105 Å². The van der Waals surface area contributed by atoms with Gasteiger partial charge in [0.05, 0.1) is 44.2 Å². The number of allylic oxidation sites excluding steroid dienone is 4. The van der Waals surface area contributed by atoms with E-state index in [2.05, 4.69) is 26.3 Å². The first-order valence-electron chi connectivity index (χ1n) is 13.3. The lowest BCUT2D eigenvalue weighted by molar-refractivity contribution is -0.161. The Morgan fingerprint density at radius 3 is 2.33 bits per heavy atom. The van der Waals surface area contributed by atoms with E-state index in [4.69, 9.17) is 11.6 Å². The van der Waals surface area contributed by atoms with E-state index in [0.29, 0.717) is 22.9 Å². The number of rotatable bonds is 5. The number of aromatic nitrogens is 2. The van der Waals surface area contributed by atoms with E-state index in [1.807, 2.05) is 0 Å². The van der Waals surface area contributed by atoms with Crippen molar-refractivity contribution in [1.82, 2.24) is 9.78 Å². The molecule has 5 rings (SSSR count). The molecule has 1 aliphatic carbocycles. The average molecular weight is 776 g/mol. The lowest BCUT2D eigenvalue weighted by Crippen LogP contribution is -2.27. The first-order valence-corrected chi connectivity index (χ1v) is 14.5. The number of ketones is 1. The number of carbonyl (C=O) groups is 3. The Morgan fingerprint density at radius 2 is 1.69 bits per heavy atom. The van der Waals surface area contributed by atoms with Gasteiger partial charge in [-0.15, -0.1) is 0 Å². The summed E-state index contributed by atoms with van der Waals surface area (Å²) in [5, 5.41) is 15.5. The maximum atomic E-state index is 14.2. The minimum absolute atomic E-state index is 0.112. The van der Waals surface area contributed by atoms with Crippen LogP contribution in [0.25, 0.3) is 10.9 Å². The molecule has 0 spiro atoms. The summed E-state index contributed by atoms with van der Waals surface area (Å²) in [5.74, 6) is -10.2. The van der Waals surface area contributed by atoms with Crippen LogP contribution in [0.1, 0.15) is 48.6 Å². The fourth-order valence-corrected chi connectivity index (χ4v) is 5.74. The molecule has 0 aliphatic heterocycles. The Balaban J connectivity index is 1.74. The highest BCUT2D eigenvalue weighted by atomic mass is 79.9. The molecule has 0 bridgehead atoms. The van der Waals surface area contributed by atoms with E-state index in [9.17, 15) is 59.2 Å². The fourth-order valence-electron chi connectivity index (χ4n) is 4.98. The molecule has 0 saturated carbocycles. The largest absolute Gasteiger partial charge is 0.416 e. The molecule has 3 aromatic carbocycles. The molecule has 0 saturated heterocycles. The van der Waals surface area contributed by atoms with E-state index in [1.54, 1.807) is 6.07 Å². The predicted octanol–water partition coefficient (Wildman–Crippen LogP) is 9.11. The molecular weight excluding hydrogens is 763 g/mol. The van der Waals surface area contributed by atoms with Crippen molar-refractivity contribution in [2.45, 2.75) is 18.8 Å². The second-order valence-electron chi connectivity index (χ2n) is 10.4. The number of nitrogens with zero attached hydrogens (tertiary/aromatic N) is 3. The first kappa shape index (κ1) is 35.4. The van der Waals surface area contributed by atoms with Crippen molar-refractivity contribution in [3.8, 4) is 6.07 Å². The number of hydrogen-bond donors (Lipinski definition) is 1. The van der Waals surface area contributed by atoms with Crippen LogP contribution >= 0.6 is 27.5 Å². The molecule has 1 aliphatic rings. The highest BCUT2D eigenvalue weighted by Crippen LogP contribution is 2.40. The number of nitrogens with one attached hydrogen (secondary N) is 1. The van der Waals surface area contributed by atoms with Gasteiger partial charge in [-0.25, -0.2) is 13.2 Å². The van der Waals surface area contributed by atoms with Crippen LogP contribution < -0.4 is 5.32 Å². The molecular formula is C31H13BrClF9N4O3. The summed E-state index contributed by atoms with van der Waals surface area (Å²) in [4.78, 5) is 40.6. The SMILES string of the molecule is N#Cc1c(C(=O)c2cc(F)ccc2Cl)c(NC(=O)c2cc(F)cc(C(F)(F)F)c2)cc2c1c(Br)nn2C(=O)C1=CC(F)=CC(C(F)(F)F)C1. The Kier molecular flexibility index (Phi) is 9.25. The van der Waals surface area contributed by atoms with Gasteiger partial charge in [-0.1, -0.05) is 11.6 Å². The van der Waals surface area contributed by atoms with Crippen molar-refractivity contribution in [2.75, 3.05) is 5.32 Å². The standard InChI is InChI=1S/C31H13BrClF9N4O3/c32-27-25-20(11-43)24(26(47)19-9-16(34)1-2-21(19)33)22(44-28(48)12-3-14(30(37,38)39)7-17(35)5-12)10-23(25)46(45-27)29(49)13-4-15(31(40,41)42)8-18(36)6-13/h1-3,5-10,15H,4H2,(H,44,48). The van der Waals surface area contributed by atoms with Gasteiger partial charge in [0.25, 0.3) is 11.8 Å². The van der Waals surface area contributed by atoms with Crippen molar-refractivity contribution in [3.05, 3.63) is 115 Å². The Hall–Kier alpha value is -4.95. The number of fused-ring (bicyclic) bond motifs is 1. The number of anilines is 1. The minimum atomic E-state index is -5.09. The molecule has 1 heterocycles. The van der Waals surface area contributed by atoms with Crippen molar-refractivity contribution in [2.24, 2.45) is 5.92 Å². The van der Waals surface area contributed by atoms with Crippen LogP contribution in [0, 0.1) is 28.9 Å². The van der Waals surface area contributed by atoms with Gasteiger partial charge in [-0.3, -0.25) is 14.4 Å². The Morgan fingerprint density at radius 1 is 1.00 bits per heavy atom. The zero-order valence-electron chi connectivity index (χ0n) is 23.7. The lowest BCUT2D eigenvalue weighted by Gasteiger charge is -2.21. The maximum Gasteiger partial charge on any atom is 0.416 e. The minimum Gasteiger partial charge on any atom is -0.321 e. The molecule has 1 aromatic heterocycles. The van der Waals surface area contributed by atoms with Crippen LogP contribution in [-0.2, 0) is 6.18 Å². The Labute approximate surface area is 281 Å². The summed E-state index contributed by atoms with van der Waals surface area (Å²) in [6, 6.07) is 5.89. The third kappa shape index (κ3) is 6.97. The molecule has 1 unspecified atom stereocenters. The highest BCUT2D eigenvalue weighted by Gasteiger charge is 2.42. The number of benzene rings is 3. The van der Waals surface area contributed by atoms with Gasteiger partial charge in [-0.05, 0) is 77.0 Å². The van der Waals surface area contributed by atoms with Crippen LogP contribution in [0.2, 0.25) is 5.02 Å². The molecule has 1 amide bonds. The summed E-state index contributed by atoms with van der Waals surface area (Å²) >= 11 is 9.12. The normalized spacial score (nSPS) is 15.0. The van der Waals surface area contributed by atoms with Gasteiger partial charge in [0.15, 0.2) is 5.78 Å². The first-order chi connectivity index (χ1) is 22.8. The van der Waals surface area contributed by atoms with E-state index in [1.165, 1.54) is 0 Å². The van der Waals surface area contributed by atoms with E-state index < -0.39 is 104 Å². The quantitative estimate of drug-likeness (QED) is 0.161. The highest BCUT2D eigenvalue weighted by molar-refractivity contribution is 9.10. The molecule has 0 fully saturated rings. The summed E-state index contributed by atoms with van der Waals surface area (Å²) < 4.78 is 123. The summed E-state index contributed by atoms with van der Waals surface area (Å²) in [6.07, 6.45) is -10.2. The number of nitriles is 1. The van der Waals surface area contributed by atoms with E-state index in [0.717, 1.165) is 18.2 Å². The molecule has 1 atom stereocenters. The number of carbonyl (C=O) groups excluding carboxylic acids is 3. The van der Waals surface area contributed by atoms with Crippen LogP contribution in [-0.4, -0.2) is 33.6 Å². The second kappa shape index (κ2) is 12.8. The maximum absolute atomic E-state index is 14.2. The smallest absolute Gasteiger partial charge is 0.321 e. The lowest BCUT2D eigenvalue weighted by atomic mass is 9.92. The van der Waals surface area contributed by atoms with Crippen molar-refractivity contribution >= 4 is 61.7 Å². The van der Waals surface area contributed by atoms with Crippen LogP contribution in [0.5, 0.6) is 0 Å². The summed E-state index contributed by atoms with van der Waals surface area (Å²) in [7, 11) is 0. The number of halogens is 11.